The molecule has 0 atom stereocenters. The SMILES string of the molecule is O=C(Nc1ccc(-c2ccc(NC(=O)c3cccc(Br)c3)c(Cl)c2)cc1Cl)c1cccc(Br)c1. The summed E-state index contributed by atoms with van der Waals surface area (Å²) in [6, 6.07) is 24.9. The number of nitrogens with one attached hydrogen (secondary N) is 2. The third-order valence-electron chi connectivity index (χ3n) is 4.94. The van der Waals surface area contributed by atoms with Crippen LogP contribution >= 0.6 is 55.1 Å². The maximum absolute atomic E-state index is 12.5. The summed E-state index contributed by atoms with van der Waals surface area (Å²) < 4.78 is 1.63. The minimum Gasteiger partial charge on any atom is -0.321 e. The van der Waals surface area contributed by atoms with E-state index in [1.807, 2.05) is 24.3 Å². The van der Waals surface area contributed by atoms with Gasteiger partial charge in [0.15, 0.2) is 0 Å². The molecule has 0 saturated heterocycles. The number of carbonyl (C=O) groups excluding carboxylic acids is 2. The fraction of sp³-hybridized carbons (Fsp3) is 0. The van der Waals surface area contributed by atoms with Crippen molar-refractivity contribution in [2.45, 2.75) is 0 Å². The third kappa shape index (κ3) is 5.88. The van der Waals surface area contributed by atoms with Crippen LogP contribution in [0.3, 0.4) is 0 Å². The monoisotopic (exact) mass is 616 g/mol. The van der Waals surface area contributed by atoms with Crippen molar-refractivity contribution in [3.8, 4) is 11.1 Å². The zero-order valence-corrected chi connectivity index (χ0v) is 22.1. The van der Waals surface area contributed by atoms with E-state index in [9.17, 15) is 9.59 Å². The molecule has 0 bridgehead atoms. The van der Waals surface area contributed by atoms with Crippen LogP contribution in [0.25, 0.3) is 11.1 Å². The summed E-state index contributed by atoms with van der Waals surface area (Å²) in [6.45, 7) is 0. The van der Waals surface area contributed by atoms with Gasteiger partial charge in [0.1, 0.15) is 0 Å². The van der Waals surface area contributed by atoms with Gasteiger partial charge in [-0.2, -0.15) is 0 Å². The van der Waals surface area contributed by atoms with Crippen LogP contribution in [0.2, 0.25) is 10.0 Å². The Morgan fingerprint density at radius 1 is 0.588 bits per heavy atom. The number of amides is 2. The molecule has 0 saturated carbocycles. The second-order valence-corrected chi connectivity index (χ2v) is 9.96. The fourth-order valence-electron chi connectivity index (χ4n) is 3.24. The first kappa shape index (κ1) is 24.5. The Morgan fingerprint density at radius 3 is 1.35 bits per heavy atom. The van der Waals surface area contributed by atoms with Crippen LogP contribution in [0.1, 0.15) is 20.7 Å². The summed E-state index contributed by atoms with van der Waals surface area (Å²) in [6.07, 6.45) is 0. The van der Waals surface area contributed by atoms with Crippen molar-refractivity contribution >= 4 is 78.3 Å². The minimum absolute atomic E-state index is 0.260. The summed E-state index contributed by atoms with van der Waals surface area (Å²) in [5.74, 6) is -0.519. The molecule has 0 fully saturated rings. The summed E-state index contributed by atoms with van der Waals surface area (Å²) in [4.78, 5) is 25.0. The average molecular weight is 619 g/mol. The highest BCUT2D eigenvalue weighted by molar-refractivity contribution is 9.10. The van der Waals surface area contributed by atoms with E-state index in [4.69, 9.17) is 23.2 Å². The normalized spacial score (nSPS) is 10.6. The Labute approximate surface area is 223 Å². The van der Waals surface area contributed by atoms with Crippen molar-refractivity contribution in [1.29, 1.82) is 0 Å². The number of hydrogen-bond donors (Lipinski definition) is 2. The number of carbonyl (C=O) groups is 2. The van der Waals surface area contributed by atoms with Gasteiger partial charge in [0.2, 0.25) is 0 Å². The van der Waals surface area contributed by atoms with Gasteiger partial charge in [-0.3, -0.25) is 9.59 Å². The van der Waals surface area contributed by atoms with Gasteiger partial charge in [0.25, 0.3) is 11.8 Å². The van der Waals surface area contributed by atoms with Crippen LogP contribution in [0.5, 0.6) is 0 Å². The Hall–Kier alpha value is -2.64. The fourth-order valence-corrected chi connectivity index (χ4v) is 4.49. The molecule has 2 N–H and O–H groups in total. The van der Waals surface area contributed by atoms with Gasteiger partial charge < -0.3 is 10.6 Å². The molecule has 0 aromatic heterocycles. The number of hydrogen-bond acceptors (Lipinski definition) is 2. The first-order chi connectivity index (χ1) is 16.3. The van der Waals surface area contributed by atoms with E-state index in [2.05, 4.69) is 42.5 Å². The van der Waals surface area contributed by atoms with E-state index in [0.29, 0.717) is 32.5 Å². The summed E-state index contributed by atoms with van der Waals surface area (Å²) in [5, 5.41) is 6.44. The Kier molecular flexibility index (Phi) is 7.73. The van der Waals surface area contributed by atoms with Crippen LogP contribution < -0.4 is 10.6 Å². The number of rotatable bonds is 5. The van der Waals surface area contributed by atoms with Crippen molar-refractivity contribution < 1.29 is 9.59 Å². The highest BCUT2D eigenvalue weighted by Crippen LogP contribution is 2.33. The molecule has 170 valence electrons. The largest absolute Gasteiger partial charge is 0.321 e. The van der Waals surface area contributed by atoms with Crippen molar-refractivity contribution in [2.24, 2.45) is 0 Å². The molecule has 0 aliphatic rings. The molecule has 0 spiro atoms. The van der Waals surface area contributed by atoms with E-state index >= 15 is 0 Å². The third-order valence-corrected chi connectivity index (χ3v) is 6.55. The Bertz CT molecular complexity index is 1300. The Morgan fingerprint density at radius 2 is 1.00 bits per heavy atom. The smallest absolute Gasteiger partial charge is 0.255 e. The molecule has 0 unspecified atom stereocenters. The first-order valence-corrected chi connectivity index (χ1v) is 12.4. The van der Waals surface area contributed by atoms with Crippen molar-refractivity contribution in [2.75, 3.05) is 10.6 Å². The zero-order valence-electron chi connectivity index (χ0n) is 17.4. The number of benzene rings is 4. The quantitative estimate of drug-likeness (QED) is 0.235. The average Bonchev–Trinajstić information content (AvgIpc) is 2.81. The van der Waals surface area contributed by atoms with E-state index in [1.165, 1.54) is 0 Å². The van der Waals surface area contributed by atoms with Gasteiger partial charge in [0.05, 0.1) is 21.4 Å². The van der Waals surface area contributed by atoms with Crippen molar-refractivity contribution in [1.82, 2.24) is 0 Å². The summed E-state index contributed by atoms with van der Waals surface area (Å²) in [5.41, 5.74) is 3.66. The van der Waals surface area contributed by atoms with Gasteiger partial charge >= 0.3 is 0 Å². The first-order valence-electron chi connectivity index (χ1n) is 10.0. The van der Waals surface area contributed by atoms with Gasteiger partial charge in [-0.1, -0.05) is 79.3 Å². The molecule has 4 nitrogen and oxygen atoms in total. The molecule has 4 rings (SSSR count). The molecule has 0 aliphatic heterocycles. The lowest BCUT2D eigenvalue weighted by Gasteiger charge is -2.12. The molecule has 0 heterocycles. The Balaban J connectivity index is 1.50. The molecule has 2 amide bonds. The second-order valence-electron chi connectivity index (χ2n) is 7.32. The second kappa shape index (κ2) is 10.7. The van der Waals surface area contributed by atoms with Crippen LogP contribution in [-0.2, 0) is 0 Å². The van der Waals surface area contributed by atoms with Crippen molar-refractivity contribution in [3.05, 3.63) is 115 Å². The molecular weight excluding hydrogens is 603 g/mol. The molecular formula is C26H16Br2Cl2N2O2. The van der Waals surface area contributed by atoms with Gasteiger partial charge in [-0.05, 0) is 71.8 Å². The number of halogens is 4. The van der Waals surface area contributed by atoms with E-state index in [1.54, 1.807) is 60.7 Å². The molecule has 0 aliphatic carbocycles. The lowest BCUT2D eigenvalue weighted by Crippen LogP contribution is -2.12. The minimum atomic E-state index is -0.260. The predicted octanol–water partition coefficient (Wildman–Crippen LogP) is 8.69. The van der Waals surface area contributed by atoms with E-state index < -0.39 is 0 Å². The highest BCUT2D eigenvalue weighted by Gasteiger charge is 2.13. The van der Waals surface area contributed by atoms with E-state index in [-0.39, 0.29) is 11.8 Å². The molecule has 34 heavy (non-hydrogen) atoms. The van der Waals surface area contributed by atoms with Gasteiger partial charge in [-0.15, -0.1) is 0 Å². The summed E-state index contributed by atoms with van der Waals surface area (Å²) >= 11 is 19.6. The molecule has 0 radical (unpaired) electrons. The number of anilines is 2. The maximum atomic E-state index is 12.5. The van der Waals surface area contributed by atoms with E-state index in [0.717, 1.165) is 20.1 Å². The van der Waals surface area contributed by atoms with Crippen LogP contribution in [0, 0.1) is 0 Å². The van der Waals surface area contributed by atoms with Crippen LogP contribution in [0.4, 0.5) is 11.4 Å². The van der Waals surface area contributed by atoms with Gasteiger partial charge in [0, 0.05) is 20.1 Å². The van der Waals surface area contributed by atoms with Gasteiger partial charge in [-0.25, -0.2) is 0 Å². The van der Waals surface area contributed by atoms with Crippen LogP contribution in [-0.4, -0.2) is 11.8 Å². The van der Waals surface area contributed by atoms with Crippen molar-refractivity contribution in [3.63, 3.8) is 0 Å². The molecule has 4 aromatic carbocycles. The maximum Gasteiger partial charge on any atom is 0.255 e. The lowest BCUT2D eigenvalue weighted by molar-refractivity contribution is 0.101. The zero-order chi connectivity index (χ0) is 24.2. The highest BCUT2D eigenvalue weighted by atomic mass is 79.9. The molecule has 4 aromatic rings. The predicted molar refractivity (Wildman–Crippen MR) is 146 cm³/mol. The molecule has 8 heteroatoms. The summed E-state index contributed by atoms with van der Waals surface area (Å²) in [7, 11) is 0. The lowest BCUT2D eigenvalue weighted by atomic mass is 10.0. The van der Waals surface area contributed by atoms with Crippen LogP contribution in [0.15, 0.2) is 93.9 Å². The standard InChI is InChI=1S/C26H16Br2Cl2N2O2/c27-19-5-1-3-17(11-19)25(33)31-23-9-7-15(13-21(23)29)16-8-10-24(22(30)14-16)32-26(34)18-4-2-6-20(28)12-18/h1-14H,(H,31,33)(H,32,34). The topological polar surface area (TPSA) is 58.2 Å².